The van der Waals surface area contributed by atoms with Crippen LogP contribution in [-0.4, -0.2) is 18.6 Å². The molecule has 3 nitrogen and oxygen atoms in total. The summed E-state index contributed by atoms with van der Waals surface area (Å²) < 4.78 is 44.2. The van der Waals surface area contributed by atoms with Gasteiger partial charge in [-0.05, 0) is 26.1 Å². The van der Waals surface area contributed by atoms with E-state index in [9.17, 15) is 13.2 Å². The first-order chi connectivity index (χ1) is 9.52. The Balaban J connectivity index is 2.24. The molecule has 0 radical (unpaired) electrons. The van der Waals surface area contributed by atoms with Gasteiger partial charge in [-0.25, -0.2) is 4.98 Å². The van der Waals surface area contributed by atoms with Crippen LogP contribution in [0.5, 0.6) is 0 Å². The van der Waals surface area contributed by atoms with E-state index in [4.69, 9.17) is 4.42 Å². The Labute approximate surface area is 114 Å². The molecule has 0 aliphatic rings. The third-order valence-corrected chi connectivity index (χ3v) is 2.87. The molecule has 0 bridgehead atoms. The van der Waals surface area contributed by atoms with E-state index in [1.54, 1.807) is 6.07 Å². The zero-order valence-corrected chi connectivity index (χ0v) is 11.0. The van der Waals surface area contributed by atoms with E-state index in [1.807, 2.05) is 7.05 Å². The number of halogens is 3. The molecule has 2 aromatic rings. The number of benzene rings is 1. The minimum Gasteiger partial charge on any atom is -0.441 e. The quantitative estimate of drug-likeness (QED) is 0.854. The molecule has 0 fully saturated rings. The van der Waals surface area contributed by atoms with Gasteiger partial charge >= 0.3 is 6.18 Å². The summed E-state index contributed by atoms with van der Waals surface area (Å²) in [4.78, 5) is 4.03. The van der Waals surface area contributed by atoms with Crippen LogP contribution in [0.3, 0.4) is 0 Å². The average Bonchev–Trinajstić information content (AvgIpc) is 2.87. The van der Waals surface area contributed by atoms with Crippen molar-refractivity contribution >= 4 is 0 Å². The summed E-state index contributed by atoms with van der Waals surface area (Å²) >= 11 is 0. The van der Waals surface area contributed by atoms with E-state index in [0.29, 0.717) is 12.3 Å². The maximum atomic E-state index is 12.9. The van der Waals surface area contributed by atoms with E-state index < -0.39 is 11.7 Å². The second-order valence-electron chi connectivity index (χ2n) is 4.37. The van der Waals surface area contributed by atoms with E-state index in [1.165, 1.54) is 18.3 Å². The summed E-state index contributed by atoms with van der Waals surface area (Å²) in [7, 11) is 1.83. The van der Waals surface area contributed by atoms with Crippen LogP contribution in [-0.2, 0) is 12.6 Å². The molecule has 108 valence electrons. The minimum absolute atomic E-state index is 0.0207. The van der Waals surface area contributed by atoms with Crippen molar-refractivity contribution in [2.24, 2.45) is 0 Å². The number of nitrogens with zero attached hydrogens (tertiary/aromatic N) is 1. The molecule has 0 atom stereocenters. The molecule has 1 N–H and O–H groups in total. The van der Waals surface area contributed by atoms with Crippen LogP contribution in [0, 0.1) is 0 Å². The molecule has 20 heavy (non-hydrogen) atoms. The number of aromatic nitrogens is 1. The number of aryl methyl sites for hydroxylation is 1. The molecule has 0 saturated carbocycles. The molecule has 1 aromatic heterocycles. The Morgan fingerprint density at radius 3 is 2.70 bits per heavy atom. The van der Waals surface area contributed by atoms with Crippen molar-refractivity contribution in [2.75, 3.05) is 13.6 Å². The van der Waals surface area contributed by atoms with Crippen molar-refractivity contribution < 1.29 is 17.6 Å². The monoisotopic (exact) mass is 284 g/mol. The van der Waals surface area contributed by atoms with Crippen LogP contribution in [0.15, 0.2) is 34.9 Å². The molecule has 0 aliphatic carbocycles. The zero-order chi connectivity index (χ0) is 14.6. The molecule has 0 amide bonds. The largest absolute Gasteiger partial charge is 0.441 e. The topological polar surface area (TPSA) is 38.1 Å². The molecule has 0 aliphatic heterocycles. The highest BCUT2D eigenvalue weighted by atomic mass is 19.4. The molecule has 2 rings (SSSR count). The standard InChI is InChI=1S/C14H15F3N2O/c1-18-8-4-7-13-19-9-12(20-13)10-5-2-3-6-11(10)14(15,16)17/h2-3,5-6,9,18H,4,7-8H2,1H3. The van der Waals surface area contributed by atoms with Gasteiger partial charge in [0.15, 0.2) is 11.7 Å². The normalized spacial score (nSPS) is 11.8. The summed E-state index contributed by atoms with van der Waals surface area (Å²) in [6.45, 7) is 0.802. The van der Waals surface area contributed by atoms with Crippen molar-refractivity contribution in [3.05, 3.63) is 41.9 Å². The van der Waals surface area contributed by atoms with E-state index in [2.05, 4.69) is 10.3 Å². The van der Waals surface area contributed by atoms with E-state index >= 15 is 0 Å². The number of hydrogen-bond donors (Lipinski definition) is 1. The summed E-state index contributed by atoms with van der Waals surface area (Å²) in [5.41, 5.74) is -0.690. The van der Waals surface area contributed by atoms with Crippen LogP contribution in [0.25, 0.3) is 11.3 Å². The molecule has 0 spiro atoms. The fourth-order valence-corrected chi connectivity index (χ4v) is 1.91. The highest BCUT2D eigenvalue weighted by Crippen LogP contribution is 2.37. The Morgan fingerprint density at radius 1 is 1.25 bits per heavy atom. The molecule has 0 saturated heterocycles. The fourth-order valence-electron chi connectivity index (χ4n) is 1.91. The van der Waals surface area contributed by atoms with Crippen molar-refractivity contribution in [1.82, 2.24) is 10.3 Å². The van der Waals surface area contributed by atoms with Gasteiger partial charge < -0.3 is 9.73 Å². The summed E-state index contributed by atoms with van der Waals surface area (Å²) in [6, 6.07) is 5.34. The summed E-state index contributed by atoms with van der Waals surface area (Å²) in [5.74, 6) is 0.601. The lowest BCUT2D eigenvalue weighted by Crippen LogP contribution is -2.08. The average molecular weight is 284 g/mol. The maximum absolute atomic E-state index is 12.9. The number of hydrogen-bond acceptors (Lipinski definition) is 3. The zero-order valence-electron chi connectivity index (χ0n) is 11.0. The first-order valence-electron chi connectivity index (χ1n) is 6.28. The van der Waals surface area contributed by atoms with Gasteiger partial charge in [-0.3, -0.25) is 0 Å². The van der Waals surface area contributed by atoms with Gasteiger partial charge in [0.25, 0.3) is 0 Å². The predicted molar refractivity (Wildman–Crippen MR) is 69.2 cm³/mol. The van der Waals surface area contributed by atoms with Gasteiger partial charge in [0, 0.05) is 12.0 Å². The first kappa shape index (κ1) is 14.6. The smallest absolute Gasteiger partial charge is 0.417 e. The van der Waals surface area contributed by atoms with Gasteiger partial charge in [0.05, 0.1) is 11.8 Å². The van der Waals surface area contributed by atoms with E-state index in [0.717, 1.165) is 19.0 Å². The van der Waals surface area contributed by atoms with Crippen molar-refractivity contribution in [3.63, 3.8) is 0 Å². The molecule has 1 heterocycles. The van der Waals surface area contributed by atoms with Gasteiger partial charge in [0.2, 0.25) is 0 Å². The van der Waals surface area contributed by atoms with Crippen LogP contribution in [0.1, 0.15) is 17.9 Å². The van der Waals surface area contributed by atoms with Gasteiger partial charge in [-0.2, -0.15) is 13.2 Å². The molecule has 0 unspecified atom stereocenters. The van der Waals surface area contributed by atoms with Crippen LogP contribution in [0.4, 0.5) is 13.2 Å². The highest BCUT2D eigenvalue weighted by molar-refractivity contribution is 5.62. The third kappa shape index (κ3) is 3.39. The SMILES string of the molecule is CNCCCc1ncc(-c2ccccc2C(F)(F)F)o1. The number of nitrogens with one attached hydrogen (secondary N) is 1. The summed E-state index contributed by atoms with van der Waals surface area (Å²) in [6.07, 6.45) is -1.65. The number of rotatable bonds is 5. The minimum atomic E-state index is -4.41. The second-order valence-corrected chi connectivity index (χ2v) is 4.37. The Bertz CT molecular complexity index is 564. The van der Waals surface area contributed by atoms with Crippen molar-refractivity contribution in [2.45, 2.75) is 19.0 Å². The van der Waals surface area contributed by atoms with Gasteiger partial charge in [-0.1, -0.05) is 18.2 Å². The molecular formula is C14H15F3N2O. The lowest BCUT2D eigenvalue weighted by molar-refractivity contribution is -0.137. The van der Waals surface area contributed by atoms with Crippen LogP contribution >= 0.6 is 0 Å². The molecular weight excluding hydrogens is 269 g/mol. The Hall–Kier alpha value is -1.82. The molecule has 1 aromatic carbocycles. The van der Waals surface area contributed by atoms with Crippen LogP contribution < -0.4 is 5.32 Å². The van der Waals surface area contributed by atoms with Crippen molar-refractivity contribution in [3.8, 4) is 11.3 Å². The summed E-state index contributed by atoms with van der Waals surface area (Å²) in [5, 5.41) is 2.99. The lowest BCUT2D eigenvalue weighted by atomic mass is 10.1. The van der Waals surface area contributed by atoms with Crippen molar-refractivity contribution in [1.29, 1.82) is 0 Å². The van der Waals surface area contributed by atoms with Gasteiger partial charge in [0.1, 0.15) is 0 Å². The Morgan fingerprint density at radius 2 is 2.00 bits per heavy atom. The predicted octanol–water partition coefficient (Wildman–Crippen LogP) is 3.51. The van der Waals surface area contributed by atoms with E-state index in [-0.39, 0.29) is 11.3 Å². The lowest BCUT2D eigenvalue weighted by Gasteiger charge is -2.10. The third-order valence-electron chi connectivity index (χ3n) is 2.87. The highest BCUT2D eigenvalue weighted by Gasteiger charge is 2.34. The maximum Gasteiger partial charge on any atom is 0.417 e. The molecule has 6 heteroatoms. The number of oxazole rings is 1. The van der Waals surface area contributed by atoms with Gasteiger partial charge in [-0.15, -0.1) is 0 Å². The first-order valence-corrected chi connectivity index (χ1v) is 6.28. The number of alkyl halides is 3. The second kappa shape index (κ2) is 6.09. The fraction of sp³-hybridized carbons (Fsp3) is 0.357. The van der Waals surface area contributed by atoms with Crippen LogP contribution in [0.2, 0.25) is 0 Å². The Kier molecular flexibility index (Phi) is 4.44.